The van der Waals surface area contributed by atoms with Gasteiger partial charge in [0.05, 0.1) is 6.04 Å². The summed E-state index contributed by atoms with van der Waals surface area (Å²) in [6.07, 6.45) is 8.01. The first-order valence-corrected chi connectivity index (χ1v) is 13.3. The summed E-state index contributed by atoms with van der Waals surface area (Å²) in [5, 5.41) is 0. The van der Waals surface area contributed by atoms with Crippen LogP contribution in [0.3, 0.4) is 0 Å². The predicted molar refractivity (Wildman–Crippen MR) is 138 cm³/mol. The summed E-state index contributed by atoms with van der Waals surface area (Å²) in [4.78, 5) is 20.3. The monoisotopic (exact) mass is 460 g/mol. The first kappa shape index (κ1) is 23.5. The number of piperidine rings is 1. The molecular formula is C29H40N4O. The Labute approximate surface area is 204 Å². The molecule has 2 N–H and O–H groups in total. The summed E-state index contributed by atoms with van der Waals surface area (Å²) in [6, 6.07) is 17.7. The normalized spacial score (nSPS) is 21.3. The van der Waals surface area contributed by atoms with Crippen molar-refractivity contribution in [2.24, 2.45) is 5.73 Å². The van der Waals surface area contributed by atoms with Crippen molar-refractivity contribution in [3.05, 3.63) is 70.8 Å². The van der Waals surface area contributed by atoms with Gasteiger partial charge in [-0.1, -0.05) is 48.5 Å². The highest BCUT2D eigenvalue weighted by atomic mass is 16.2. The van der Waals surface area contributed by atoms with Gasteiger partial charge in [0, 0.05) is 38.8 Å². The largest absolute Gasteiger partial charge is 0.339 e. The van der Waals surface area contributed by atoms with E-state index in [1.165, 1.54) is 60.8 Å². The molecule has 0 radical (unpaired) electrons. The molecule has 0 spiro atoms. The van der Waals surface area contributed by atoms with Crippen LogP contribution in [-0.4, -0.2) is 72.0 Å². The molecule has 1 atom stereocenters. The summed E-state index contributed by atoms with van der Waals surface area (Å²) in [6.45, 7) is 6.93. The van der Waals surface area contributed by atoms with Gasteiger partial charge in [-0.3, -0.25) is 14.6 Å². The molecule has 0 aromatic heterocycles. The van der Waals surface area contributed by atoms with Crippen LogP contribution in [0.1, 0.15) is 47.9 Å². The van der Waals surface area contributed by atoms with Crippen LogP contribution in [0.2, 0.25) is 0 Å². The minimum atomic E-state index is -0.436. The fourth-order valence-corrected chi connectivity index (χ4v) is 6.08. The quantitative estimate of drug-likeness (QED) is 0.719. The van der Waals surface area contributed by atoms with Crippen LogP contribution >= 0.6 is 0 Å². The van der Waals surface area contributed by atoms with E-state index in [1.807, 2.05) is 4.90 Å². The molecule has 5 nitrogen and oxygen atoms in total. The minimum absolute atomic E-state index is 0.120. The molecule has 2 aromatic carbocycles. The molecule has 1 amide bonds. The van der Waals surface area contributed by atoms with Crippen molar-refractivity contribution in [2.45, 2.75) is 63.6 Å². The van der Waals surface area contributed by atoms with Crippen molar-refractivity contribution < 1.29 is 4.79 Å². The van der Waals surface area contributed by atoms with Gasteiger partial charge in [-0.25, -0.2) is 0 Å². The predicted octanol–water partition coefficient (Wildman–Crippen LogP) is 3.24. The van der Waals surface area contributed by atoms with E-state index in [4.69, 9.17) is 5.73 Å². The lowest BCUT2D eigenvalue weighted by Gasteiger charge is -2.43. The number of piperazine rings is 1. The Kier molecular flexibility index (Phi) is 7.63. The second kappa shape index (κ2) is 11.0. The fourth-order valence-electron chi connectivity index (χ4n) is 6.08. The molecule has 1 aliphatic carbocycles. The molecule has 2 aromatic rings. The third kappa shape index (κ3) is 5.70. The van der Waals surface area contributed by atoms with E-state index in [0.29, 0.717) is 12.5 Å². The van der Waals surface area contributed by atoms with Gasteiger partial charge < -0.3 is 10.6 Å². The number of amides is 1. The first-order valence-electron chi connectivity index (χ1n) is 13.3. The molecule has 0 unspecified atom stereocenters. The maximum Gasteiger partial charge on any atom is 0.239 e. The average molecular weight is 461 g/mol. The Bertz CT molecular complexity index is 946. The highest BCUT2D eigenvalue weighted by molar-refractivity contribution is 5.82. The standard InChI is InChI=1S/C29H40N4O/c30-28(21-24-10-11-25-8-4-5-9-26(25)20-24)29(34)33-18-16-32(17-19-33)27-12-14-31(15-13-27)22-23-6-2-1-3-7-23/h1-3,6-7,10-11,20,27-28H,4-5,8-9,12-19,21-22,30H2/t28-/m1/s1. The number of carbonyl (C=O) groups is 1. The van der Waals surface area contributed by atoms with Crippen molar-refractivity contribution in [3.63, 3.8) is 0 Å². The average Bonchev–Trinajstić information content (AvgIpc) is 2.89. The van der Waals surface area contributed by atoms with Crippen LogP contribution < -0.4 is 5.73 Å². The van der Waals surface area contributed by atoms with Crippen LogP contribution in [0.4, 0.5) is 0 Å². The number of aryl methyl sites for hydroxylation is 2. The van der Waals surface area contributed by atoms with Crippen LogP contribution in [0.15, 0.2) is 48.5 Å². The highest BCUT2D eigenvalue weighted by Crippen LogP contribution is 2.23. The third-order valence-corrected chi connectivity index (χ3v) is 8.13. The Balaban J connectivity index is 1.06. The van der Waals surface area contributed by atoms with Gasteiger partial charge >= 0.3 is 0 Å². The van der Waals surface area contributed by atoms with E-state index in [9.17, 15) is 4.79 Å². The Morgan fingerprint density at radius 2 is 1.56 bits per heavy atom. The van der Waals surface area contributed by atoms with Crippen molar-refractivity contribution >= 4 is 5.91 Å². The zero-order valence-corrected chi connectivity index (χ0v) is 20.5. The topological polar surface area (TPSA) is 52.8 Å². The van der Waals surface area contributed by atoms with Crippen molar-refractivity contribution in [2.75, 3.05) is 39.3 Å². The Hall–Kier alpha value is -2.21. The molecule has 0 saturated carbocycles. The molecule has 2 saturated heterocycles. The Morgan fingerprint density at radius 3 is 2.29 bits per heavy atom. The summed E-state index contributed by atoms with van der Waals surface area (Å²) < 4.78 is 0. The molecule has 2 aliphatic heterocycles. The number of nitrogens with two attached hydrogens (primary N) is 1. The number of hydrogen-bond acceptors (Lipinski definition) is 4. The van der Waals surface area contributed by atoms with Crippen molar-refractivity contribution in [1.29, 1.82) is 0 Å². The summed E-state index contributed by atoms with van der Waals surface area (Å²) in [5.74, 6) is 0.120. The number of nitrogens with zero attached hydrogens (tertiary/aromatic N) is 3. The van der Waals surface area contributed by atoms with Gasteiger partial charge in [0.2, 0.25) is 5.91 Å². The molecule has 0 bridgehead atoms. The maximum atomic E-state index is 13.1. The molecule has 5 rings (SSSR count). The number of benzene rings is 2. The van der Waals surface area contributed by atoms with Crippen LogP contribution in [0, 0.1) is 0 Å². The summed E-state index contributed by atoms with van der Waals surface area (Å²) in [7, 11) is 0. The number of likely N-dealkylation sites (tertiary alicyclic amines) is 1. The van der Waals surface area contributed by atoms with E-state index >= 15 is 0 Å². The van der Waals surface area contributed by atoms with Gasteiger partial charge in [-0.15, -0.1) is 0 Å². The molecule has 5 heteroatoms. The van der Waals surface area contributed by atoms with Gasteiger partial charge in [0.25, 0.3) is 0 Å². The number of carbonyl (C=O) groups excluding carboxylic acids is 1. The molecular weight excluding hydrogens is 420 g/mol. The smallest absolute Gasteiger partial charge is 0.239 e. The van der Waals surface area contributed by atoms with E-state index in [1.54, 1.807) is 0 Å². The van der Waals surface area contributed by atoms with Crippen molar-refractivity contribution in [3.8, 4) is 0 Å². The Morgan fingerprint density at radius 1 is 0.853 bits per heavy atom. The molecule has 34 heavy (non-hydrogen) atoms. The van der Waals surface area contributed by atoms with Crippen molar-refractivity contribution in [1.82, 2.24) is 14.7 Å². The lowest BCUT2D eigenvalue weighted by Crippen LogP contribution is -2.56. The second-order valence-corrected chi connectivity index (χ2v) is 10.5. The number of rotatable bonds is 6. The first-order chi connectivity index (χ1) is 16.7. The second-order valence-electron chi connectivity index (χ2n) is 10.5. The van der Waals surface area contributed by atoms with Gasteiger partial charge in [0.1, 0.15) is 0 Å². The van der Waals surface area contributed by atoms with Gasteiger partial charge in [0.15, 0.2) is 0 Å². The SMILES string of the molecule is N[C@H](Cc1ccc2c(c1)CCCC2)C(=O)N1CCN(C2CCN(Cc3ccccc3)CC2)CC1. The lowest BCUT2D eigenvalue weighted by molar-refractivity contribution is -0.134. The third-order valence-electron chi connectivity index (χ3n) is 8.13. The van der Waals surface area contributed by atoms with E-state index in [0.717, 1.165) is 45.8 Å². The van der Waals surface area contributed by atoms with E-state index in [-0.39, 0.29) is 5.91 Å². The lowest BCUT2D eigenvalue weighted by atomic mass is 9.89. The fraction of sp³-hybridized carbons (Fsp3) is 0.552. The molecule has 2 heterocycles. The number of hydrogen-bond donors (Lipinski definition) is 1. The maximum absolute atomic E-state index is 13.1. The van der Waals surface area contributed by atoms with Gasteiger partial charge in [-0.2, -0.15) is 0 Å². The molecule has 3 aliphatic rings. The zero-order chi connectivity index (χ0) is 23.3. The summed E-state index contributed by atoms with van der Waals surface area (Å²) >= 11 is 0. The van der Waals surface area contributed by atoms with E-state index in [2.05, 4.69) is 58.3 Å². The zero-order valence-electron chi connectivity index (χ0n) is 20.5. The minimum Gasteiger partial charge on any atom is -0.339 e. The highest BCUT2D eigenvalue weighted by Gasteiger charge is 2.30. The molecule has 182 valence electrons. The van der Waals surface area contributed by atoms with Crippen LogP contribution in [0.25, 0.3) is 0 Å². The molecule has 2 fully saturated rings. The van der Waals surface area contributed by atoms with Gasteiger partial charge in [-0.05, 0) is 80.3 Å². The van der Waals surface area contributed by atoms with Crippen LogP contribution in [0.5, 0.6) is 0 Å². The van der Waals surface area contributed by atoms with E-state index < -0.39 is 6.04 Å². The number of fused-ring (bicyclic) bond motifs is 1. The summed E-state index contributed by atoms with van der Waals surface area (Å²) in [5.41, 5.74) is 12.0. The van der Waals surface area contributed by atoms with Crippen LogP contribution in [-0.2, 0) is 30.6 Å².